The third-order valence-corrected chi connectivity index (χ3v) is 5.97. The zero-order valence-electron chi connectivity index (χ0n) is 16.9. The highest BCUT2D eigenvalue weighted by atomic mass is 32.1. The fourth-order valence-electron chi connectivity index (χ4n) is 3.47. The molecule has 0 aliphatic heterocycles. The fourth-order valence-corrected chi connectivity index (χ4v) is 4.42. The molecule has 7 heteroatoms. The number of hydrogen-bond acceptors (Lipinski definition) is 6. The maximum atomic E-state index is 13.3. The van der Waals surface area contributed by atoms with Crippen LogP contribution in [-0.4, -0.2) is 23.6 Å². The van der Waals surface area contributed by atoms with E-state index in [0.717, 1.165) is 34.0 Å². The monoisotopic (exact) mass is 430 g/mol. The van der Waals surface area contributed by atoms with Crippen molar-refractivity contribution >= 4 is 22.4 Å². The number of thiazole rings is 1. The van der Waals surface area contributed by atoms with Gasteiger partial charge in [-0.05, 0) is 60.7 Å². The Balaban J connectivity index is 1.77. The second-order valence-electron chi connectivity index (χ2n) is 6.82. The molecule has 0 aliphatic rings. The first-order valence-electron chi connectivity index (χ1n) is 9.57. The van der Waals surface area contributed by atoms with E-state index in [9.17, 15) is 4.79 Å². The summed E-state index contributed by atoms with van der Waals surface area (Å²) in [5, 5.41) is 0. The summed E-state index contributed by atoms with van der Waals surface area (Å²) in [6, 6.07) is 18.9. The molecule has 2 aromatic carbocycles. The van der Waals surface area contributed by atoms with E-state index in [1.807, 2.05) is 54.6 Å². The summed E-state index contributed by atoms with van der Waals surface area (Å²) >= 11 is 1.34. The SMILES string of the molecule is COc1ccc(-c2nc3sc(=Cc4ccco4)c(=O)n3c2-c2ccc(OC)cc2)cc1. The number of imidazole rings is 1. The Kier molecular flexibility index (Phi) is 4.80. The summed E-state index contributed by atoms with van der Waals surface area (Å²) < 4.78 is 18.2. The molecule has 0 unspecified atom stereocenters. The summed E-state index contributed by atoms with van der Waals surface area (Å²) in [6.45, 7) is 0. The molecule has 0 fully saturated rings. The van der Waals surface area contributed by atoms with Crippen molar-refractivity contribution in [2.24, 2.45) is 0 Å². The zero-order chi connectivity index (χ0) is 21.4. The van der Waals surface area contributed by atoms with Crippen LogP contribution in [0.1, 0.15) is 5.76 Å². The number of fused-ring (bicyclic) bond motifs is 1. The smallest absolute Gasteiger partial charge is 0.275 e. The van der Waals surface area contributed by atoms with Gasteiger partial charge in [0.1, 0.15) is 21.8 Å². The summed E-state index contributed by atoms with van der Waals surface area (Å²) in [5.74, 6) is 2.13. The first kappa shape index (κ1) is 19.1. The third kappa shape index (κ3) is 3.39. The molecular weight excluding hydrogens is 412 g/mol. The van der Waals surface area contributed by atoms with Gasteiger partial charge in [0.15, 0.2) is 4.96 Å². The molecule has 0 spiro atoms. The van der Waals surface area contributed by atoms with Crippen LogP contribution in [0.5, 0.6) is 11.5 Å². The van der Waals surface area contributed by atoms with Crippen LogP contribution in [0.3, 0.4) is 0 Å². The van der Waals surface area contributed by atoms with Gasteiger partial charge in [0.05, 0.1) is 31.9 Å². The van der Waals surface area contributed by atoms with Gasteiger partial charge in [-0.2, -0.15) is 0 Å². The number of methoxy groups -OCH3 is 2. The van der Waals surface area contributed by atoms with Gasteiger partial charge in [-0.3, -0.25) is 4.79 Å². The molecule has 6 nitrogen and oxygen atoms in total. The standard InChI is InChI=1S/C24H18N2O4S/c1-28-17-9-5-15(6-10-17)21-22(16-7-11-18(29-2)12-8-16)26-23(27)20(31-24(26)25-21)14-19-4-3-13-30-19/h3-14H,1-2H3. The molecule has 0 N–H and O–H groups in total. The minimum absolute atomic E-state index is 0.130. The van der Waals surface area contributed by atoms with E-state index in [-0.39, 0.29) is 5.56 Å². The summed E-state index contributed by atoms with van der Waals surface area (Å²) in [6.07, 6.45) is 3.33. The predicted molar refractivity (Wildman–Crippen MR) is 121 cm³/mol. The Labute approximate surface area is 181 Å². The van der Waals surface area contributed by atoms with Gasteiger partial charge in [-0.15, -0.1) is 0 Å². The highest BCUT2D eigenvalue weighted by molar-refractivity contribution is 7.15. The number of benzene rings is 2. The number of aromatic nitrogens is 2. The van der Waals surface area contributed by atoms with Crippen molar-refractivity contribution in [1.29, 1.82) is 0 Å². The van der Waals surface area contributed by atoms with Gasteiger partial charge >= 0.3 is 0 Å². The third-order valence-electron chi connectivity index (χ3n) is 5.01. The number of rotatable bonds is 5. The zero-order valence-corrected chi connectivity index (χ0v) is 17.7. The first-order valence-corrected chi connectivity index (χ1v) is 10.4. The van der Waals surface area contributed by atoms with Crippen LogP contribution in [0.4, 0.5) is 0 Å². The van der Waals surface area contributed by atoms with Crippen LogP contribution >= 0.6 is 11.3 Å². The molecule has 0 saturated carbocycles. The van der Waals surface area contributed by atoms with Crippen LogP contribution in [0.25, 0.3) is 33.6 Å². The van der Waals surface area contributed by atoms with Gasteiger partial charge < -0.3 is 13.9 Å². The molecule has 3 aromatic heterocycles. The predicted octanol–water partition coefficient (Wildman–Crippen LogP) is 4.25. The summed E-state index contributed by atoms with van der Waals surface area (Å²) in [4.78, 5) is 18.8. The lowest BCUT2D eigenvalue weighted by Crippen LogP contribution is -2.23. The first-order chi connectivity index (χ1) is 15.2. The Morgan fingerprint density at radius 1 is 0.935 bits per heavy atom. The van der Waals surface area contributed by atoms with E-state index in [1.54, 1.807) is 37.0 Å². The Bertz CT molecular complexity index is 1450. The minimum atomic E-state index is -0.130. The Morgan fingerprint density at radius 2 is 1.58 bits per heavy atom. The van der Waals surface area contributed by atoms with Crippen molar-refractivity contribution in [2.45, 2.75) is 0 Å². The molecule has 0 saturated heterocycles. The number of nitrogens with zero attached hydrogens (tertiary/aromatic N) is 2. The van der Waals surface area contributed by atoms with Gasteiger partial charge in [-0.1, -0.05) is 11.3 Å². The molecule has 0 bridgehead atoms. The van der Waals surface area contributed by atoms with E-state index >= 15 is 0 Å². The highest BCUT2D eigenvalue weighted by Crippen LogP contribution is 2.34. The molecule has 154 valence electrons. The van der Waals surface area contributed by atoms with Crippen LogP contribution in [-0.2, 0) is 0 Å². The second kappa shape index (κ2) is 7.77. The topological polar surface area (TPSA) is 66.0 Å². The van der Waals surface area contributed by atoms with Crippen molar-refractivity contribution < 1.29 is 13.9 Å². The normalized spacial score (nSPS) is 11.9. The number of hydrogen-bond donors (Lipinski definition) is 0. The molecule has 0 radical (unpaired) electrons. The van der Waals surface area contributed by atoms with Crippen LogP contribution in [0, 0.1) is 0 Å². The van der Waals surface area contributed by atoms with E-state index in [2.05, 4.69) is 0 Å². The summed E-state index contributed by atoms with van der Waals surface area (Å²) in [7, 11) is 3.26. The van der Waals surface area contributed by atoms with Crippen molar-refractivity contribution in [2.75, 3.05) is 14.2 Å². The van der Waals surface area contributed by atoms with E-state index < -0.39 is 0 Å². The highest BCUT2D eigenvalue weighted by Gasteiger charge is 2.20. The van der Waals surface area contributed by atoms with Crippen molar-refractivity contribution in [3.8, 4) is 34.0 Å². The molecule has 5 aromatic rings. The molecular formula is C24H18N2O4S. The fraction of sp³-hybridized carbons (Fsp3) is 0.0833. The average molecular weight is 430 g/mol. The summed E-state index contributed by atoms with van der Waals surface area (Å²) in [5.41, 5.74) is 3.12. The van der Waals surface area contributed by atoms with Gasteiger partial charge in [0.2, 0.25) is 0 Å². The van der Waals surface area contributed by atoms with Crippen molar-refractivity contribution in [3.05, 3.63) is 87.6 Å². The maximum Gasteiger partial charge on any atom is 0.275 e. The van der Waals surface area contributed by atoms with Crippen molar-refractivity contribution in [3.63, 3.8) is 0 Å². The minimum Gasteiger partial charge on any atom is -0.497 e. The van der Waals surface area contributed by atoms with Crippen LogP contribution in [0.15, 0.2) is 76.1 Å². The van der Waals surface area contributed by atoms with E-state index in [0.29, 0.717) is 15.3 Å². The van der Waals surface area contributed by atoms with Crippen LogP contribution in [0.2, 0.25) is 0 Å². The largest absolute Gasteiger partial charge is 0.497 e. The lowest BCUT2D eigenvalue weighted by Gasteiger charge is -2.07. The number of ether oxygens (including phenoxy) is 2. The lowest BCUT2D eigenvalue weighted by molar-refractivity contribution is 0.414. The number of furan rings is 1. The van der Waals surface area contributed by atoms with Crippen LogP contribution < -0.4 is 19.6 Å². The lowest BCUT2D eigenvalue weighted by atomic mass is 10.0. The molecule has 3 heterocycles. The second-order valence-corrected chi connectivity index (χ2v) is 7.82. The quantitative estimate of drug-likeness (QED) is 0.417. The Morgan fingerprint density at radius 3 is 2.16 bits per heavy atom. The van der Waals surface area contributed by atoms with Gasteiger partial charge in [-0.25, -0.2) is 9.38 Å². The molecule has 0 amide bonds. The van der Waals surface area contributed by atoms with E-state index in [4.69, 9.17) is 18.9 Å². The molecule has 0 aliphatic carbocycles. The van der Waals surface area contributed by atoms with Gasteiger partial charge in [0.25, 0.3) is 5.56 Å². The molecule has 0 atom stereocenters. The Hall–Kier alpha value is -3.84. The molecule has 5 rings (SSSR count). The average Bonchev–Trinajstić information content (AvgIpc) is 3.52. The maximum absolute atomic E-state index is 13.3. The van der Waals surface area contributed by atoms with Crippen molar-refractivity contribution in [1.82, 2.24) is 9.38 Å². The van der Waals surface area contributed by atoms with Gasteiger partial charge in [0, 0.05) is 17.2 Å². The molecule has 31 heavy (non-hydrogen) atoms. The van der Waals surface area contributed by atoms with E-state index in [1.165, 1.54) is 11.3 Å².